The number of benzene rings is 2. The summed E-state index contributed by atoms with van der Waals surface area (Å²) in [5.74, 6) is 0.733. The Bertz CT molecular complexity index is 718. The molecule has 0 saturated carbocycles. The fourth-order valence-electron chi connectivity index (χ4n) is 3.11. The first-order valence-corrected chi connectivity index (χ1v) is 9.90. The highest BCUT2D eigenvalue weighted by Crippen LogP contribution is 2.28. The molecule has 152 valence electrons. The van der Waals surface area contributed by atoms with Crippen LogP contribution < -0.4 is 9.47 Å². The SMILES string of the molecule is CCCN(CCC(=O)O)CCc1ccc(OC)c(OCCc2ccccc2)c1. The lowest BCUT2D eigenvalue weighted by molar-refractivity contribution is -0.137. The van der Waals surface area contributed by atoms with Crippen LogP contribution in [0.5, 0.6) is 11.5 Å². The van der Waals surface area contributed by atoms with Gasteiger partial charge in [-0.05, 0) is 42.6 Å². The maximum Gasteiger partial charge on any atom is 0.304 e. The average molecular weight is 386 g/mol. The van der Waals surface area contributed by atoms with Gasteiger partial charge in [-0.2, -0.15) is 0 Å². The zero-order chi connectivity index (χ0) is 20.2. The lowest BCUT2D eigenvalue weighted by Gasteiger charge is -2.21. The van der Waals surface area contributed by atoms with Gasteiger partial charge in [0, 0.05) is 19.5 Å². The van der Waals surface area contributed by atoms with Crippen LogP contribution in [0, 0.1) is 0 Å². The highest BCUT2D eigenvalue weighted by molar-refractivity contribution is 5.66. The van der Waals surface area contributed by atoms with Crippen molar-refractivity contribution in [2.24, 2.45) is 0 Å². The van der Waals surface area contributed by atoms with Crippen molar-refractivity contribution in [2.75, 3.05) is 33.4 Å². The van der Waals surface area contributed by atoms with Gasteiger partial charge < -0.3 is 19.5 Å². The summed E-state index contributed by atoms with van der Waals surface area (Å²) in [5.41, 5.74) is 2.40. The van der Waals surface area contributed by atoms with Gasteiger partial charge >= 0.3 is 5.97 Å². The number of hydrogen-bond donors (Lipinski definition) is 1. The van der Waals surface area contributed by atoms with Gasteiger partial charge in [0.15, 0.2) is 11.5 Å². The van der Waals surface area contributed by atoms with Gasteiger partial charge in [0.2, 0.25) is 0 Å². The quantitative estimate of drug-likeness (QED) is 0.564. The summed E-state index contributed by atoms with van der Waals surface area (Å²) >= 11 is 0. The van der Waals surface area contributed by atoms with Crippen molar-refractivity contribution in [1.29, 1.82) is 0 Å². The van der Waals surface area contributed by atoms with Crippen LogP contribution in [0.1, 0.15) is 30.9 Å². The fourth-order valence-corrected chi connectivity index (χ4v) is 3.11. The highest BCUT2D eigenvalue weighted by Gasteiger charge is 2.10. The molecular weight excluding hydrogens is 354 g/mol. The van der Waals surface area contributed by atoms with E-state index in [0.717, 1.165) is 49.4 Å². The Hall–Kier alpha value is -2.53. The Morgan fingerprint density at radius 3 is 2.43 bits per heavy atom. The molecule has 1 N–H and O–H groups in total. The Labute approximate surface area is 167 Å². The molecule has 0 saturated heterocycles. The topological polar surface area (TPSA) is 59.0 Å². The first-order chi connectivity index (χ1) is 13.6. The van der Waals surface area contributed by atoms with E-state index in [1.54, 1.807) is 7.11 Å². The van der Waals surface area contributed by atoms with E-state index < -0.39 is 5.97 Å². The first kappa shape index (κ1) is 21.8. The summed E-state index contributed by atoms with van der Waals surface area (Å²) in [4.78, 5) is 13.0. The summed E-state index contributed by atoms with van der Waals surface area (Å²) in [6, 6.07) is 16.3. The zero-order valence-corrected chi connectivity index (χ0v) is 16.9. The average Bonchev–Trinajstić information content (AvgIpc) is 2.71. The number of carboxylic acids is 1. The van der Waals surface area contributed by atoms with Gasteiger partial charge in [0.05, 0.1) is 20.1 Å². The summed E-state index contributed by atoms with van der Waals surface area (Å²) < 4.78 is 11.4. The third kappa shape index (κ3) is 7.61. The van der Waals surface area contributed by atoms with Crippen LogP contribution >= 0.6 is 0 Å². The maximum atomic E-state index is 10.8. The second-order valence-corrected chi connectivity index (χ2v) is 6.80. The molecule has 5 nitrogen and oxygen atoms in total. The number of carboxylic acid groups (broad SMARTS) is 1. The van der Waals surface area contributed by atoms with E-state index in [9.17, 15) is 4.79 Å². The molecule has 0 spiro atoms. The predicted octanol–water partition coefficient (Wildman–Crippen LogP) is 4.05. The van der Waals surface area contributed by atoms with E-state index in [1.807, 2.05) is 36.4 Å². The minimum Gasteiger partial charge on any atom is -0.493 e. The van der Waals surface area contributed by atoms with E-state index >= 15 is 0 Å². The van der Waals surface area contributed by atoms with E-state index in [0.29, 0.717) is 13.2 Å². The molecule has 0 amide bonds. The molecule has 2 rings (SSSR count). The Balaban J connectivity index is 1.93. The highest BCUT2D eigenvalue weighted by atomic mass is 16.5. The lowest BCUT2D eigenvalue weighted by atomic mass is 10.1. The molecule has 0 aromatic heterocycles. The number of nitrogens with zero attached hydrogens (tertiary/aromatic N) is 1. The molecule has 0 atom stereocenters. The number of carbonyl (C=O) groups is 1. The van der Waals surface area contributed by atoms with Gasteiger partial charge in [0.1, 0.15) is 0 Å². The van der Waals surface area contributed by atoms with E-state index in [1.165, 1.54) is 5.56 Å². The van der Waals surface area contributed by atoms with Gasteiger partial charge in [-0.15, -0.1) is 0 Å². The van der Waals surface area contributed by atoms with E-state index in [-0.39, 0.29) is 6.42 Å². The molecule has 0 bridgehead atoms. The van der Waals surface area contributed by atoms with Crippen LogP contribution in [0.4, 0.5) is 0 Å². The summed E-state index contributed by atoms with van der Waals surface area (Å²) in [5, 5.41) is 8.92. The van der Waals surface area contributed by atoms with Crippen molar-refractivity contribution < 1.29 is 19.4 Å². The van der Waals surface area contributed by atoms with Gasteiger partial charge in [-0.1, -0.05) is 43.3 Å². The number of hydrogen-bond acceptors (Lipinski definition) is 4. The minimum atomic E-state index is -0.750. The number of ether oxygens (including phenoxy) is 2. The fraction of sp³-hybridized carbons (Fsp3) is 0.435. The van der Waals surface area contributed by atoms with Gasteiger partial charge in [0.25, 0.3) is 0 Å². The third-order valence-corrected chi connectivity index (χ3v) is 4.62. The molecule has 0 radical (unpaired) electrons. The van der Waals surface area contributed by atoms with Crippen LogP contribution in [0.25, 0.3) is 0 Å². The second-order valence-electron chi connectivity index (χ2n) is 6.80. The monoisotopic (exact) mass is 385 g/mol. The summed E-state index contributed by atoms with van der Waals surface area (Å²) in [7, 11) is 1.65. The molecule has 0 heterocycles. The van der Waals surface area contributed by atoms with Crippen molar-refractivity contribution in [3.8, 4) is 11.5 Å². The van der Waals surface area contributed by atoms with Crippen molar-refractivity contribution in [2.45, 2.75) is 32.6 Å². The normalized spacial score (nSPS) is 10.8. The predicted molar refractivity (Wildman–Crippen MR) is 111 cm³/mol. The standard InChI is InChI=1S/C23H31NO4/c1-3-14-24(16-12-23(25)26)15-11-20-9-10-21(27-2)22(18-20)28-17-13-19-7-5-4-6-8-19/h4-10,18H,3,11-17H2,1-2H3,(H,25,26). The van der Waals surface area contributed by atoms with Crippen LogP contribution in [-0.4, -0.2) is 49.3 Å². The van der Waals surface area contributed by atoms with Crippen molar-refractivity contribution >= 4 is 5.97 Å². The largest absolute Gasteiger partial charge is 0.493 e. The third-order valence-electron chi connectivity index (χ3n) is 4.62. The number of rotatable bonds is 13. The second kappa shape index (κ2) is 12.0. The first-order valence-electron chi connectivity index (χ1n) is 9.90. The summed E-state index contributed by atoms with van der Waals surface area (Å²) in [6.07, 6.45) is 2.87. The van der Waals surface area contributed by atoms with E-state index in [2.05, 4.69) is 24.0 Å². The molecule has 28 heavy (non-hydrogen) atoms. The van der Waals surface area contributed by atoms with E-state index in [4.69, 9.17) is 14.6 Å². The van der Waals surface area contributed by atoms with Crippen LogP contribution in [0.2, 0.25) is 0 Å². The Kier molecular flexibility index (Phi) is 9.35. The number of methoxy groups -OCH3 is 1. The molecule has 0 aliphatic carbocycles. The Morgan fingerprint density at radius 1 is 0.964 bits per heavy atom. The molecular formula is C23H31NO4. The molecule has 0 unspecified atom stereocenters. The molecule has 5 heteroatoms. The summed E-state index contributed by atoms with van der Waals surface area (Å²) in [6.45, 7) is 5.02. The van der Waals surface area contributed by atoms with Gasteiger partial charge in [-0.3, -0.25) is 4.79 Å². The molecule has 2 aromatic carbocycles. The van der Waals surface area contributed by atoms with Crippen molar-refractivity contribution in [3.05, 3.63) is 59.7 Å². The van der Waals surface area contributed by atoms with Crippen LogP contribution in [0.3, 0.4) is 0 Å². The molecule has 0 aliphatic rings. The zero-order valence-electron chi connectivity index (χ0n) is 16.9. The van der Waals surface area contributed by atoms with Crippen LogP contribution in [-0.2, 0) is 17.6 Å². The molecule has 0 fully saturated rings. The van der Waals surface area contributed by atoms with Crippen molar-refractivity contribution in [3.63, 3.8) is 0 Å². The van der Waals surface area contributed by atoms with Gasteiger partial charge in [-0.25, -0.2) is 0 Å². The Morgan fingerprint density at radius 2 is 1.75 bits per heavy atom. The van der Waals surface area contributed by atoms with Crippen molar-refractivity contribution in [1.82, 2.24) is 4.90 Å². The molecule has 2 aromatic rings. The maximum absolute atomic E-state index is 10.8. The minimum absolute atomic E-state index is 0.177. The lowest BCUT2D eigenvalue weighted by Crippen LogP contribution is -2.29. The molecule has 0 aliphatic heterocycles. The number of aliphatic carboxylic acids is 1. The van der Waals surface area contributed by atoms with Crippen LogP contribution in [0.15, 0.2) is 48.5 Å². The smallest absolute Gasteiger partial charge is 0.304 e.